The van der Waals surface area contributed by atoms with Crippen molar-refractivity contribution in [3.63, 3.8) is 0 Å². The summed E-state index contributed by atoms with van der Waals surface area (Å²) in [4.78, 5) is 2.60. The number of hydrogen-bond donors (Lipinski definition) is 2. The quantitative estimate of drug-likeness (QED) is 0.279. The van der Waals surface area contributed by atoms with Crippen molar-refractivity contribution in [1.29, 1.82) is 0 Å². The van der Waals surface area contributed by atoms with Crippen LogP contribution in [0, 0.1) is 41.5 Å². The van der Waals surface area contributed by atoms with E-state index in [4.69, 9.17) is 0 Å². The summed E-state index contributed by atoms with van der Waals surface area (Å²) >= 11 is 0. The maximum Gasteiger partial charge on any atom is 0.0399 e. The number of nitrogens with zero attached hydrogens (tertiary/aromatic N) is 1. The van der Waals surface area contributed by atoms with Gasteiger partial charge in [-0.2, -0.15) is 0 Å². The fraction of sp³-hybridized carbons (Fsp3) is 0.419. The molecule has 0 atom stereocenters. The van der Waals surface area contributed by atoms with Crippen molar-refractivity contribution >= 4 is 11.4 Å². The average Bonchev–Trinajstić information content (AvgIpc) is 2.77. The Morgan fingerprint density at radius 3 is 1.41 bits per heavy atom. The number of anilines is 2. The van der Waals surface area contributed by atoms with Gasteiger partial charge < -0.3 is 10.6 Å². The third-order valence-electron chi connectivity index (χ3n) is 6.51. The van der Waals surface area contributed by atoms with Gasteiger partial charge >= 0.3 is 0 Å². The SMILES string of the molecule is Cc1cc(C)c(NCCCN(CCCNc2c(C)cc(C)cc2C)Cc2ccccc2)c(C)c1. The van der Waals surface area contributed by atoms with Gasteiger partial charge in [0.05, 0.1) is 0 Å². The zero-order chi connectivity index (χ0) is 24.5. The molecule has 3 aromatic carbocycles. The standard InChI is InChI=1S/C31H43N3/c1-23-18-25(3)30(26(4)19-23)32-14-10-16-34(22-29-12-8-7-9-13-29)17-11-15-33-31-27(5)20-24(2)21-28(31)6/h7-9,12-13,18-21,32-33H,10-11,14-17,22H2,1-6H3. The molecule has 0 saturated heterocycles. The monoisotopic (exact) mass is 457 g/mol. The van der Waals surface area contributed by atoms with Crippen molar-refractivity contribution in [2.75, 3.05) is 36.8 Å². The molecule has 0 saturated carbocycles. The van der Waals surface area contributed by atoms with E-state index in [-0.39, 0.29) is 0 Å². The van der Waals surface area contributed by atoms with Gasteiger partial charge in [0.25, 0.3) is 0 Å². The van der Waals surface area contributed by atoms with Gasteiger partial charge in [-0.3, -0.25) is 4.90 Å². The topological polar surface area (TPSA) is 27.3 Å². The summed E-state index contributed by atoms with van der Waals surface area (Å²) in [5, 5.41) is 7.39. The molecule has 0 spiro atoms. The molecule has 34 heavy (non-hydrogen) atoms. The first-order valence-corrected chi connectivity index (χ1v) is 12.7. The normalized spacial score (nSPS) is 11.1. The lowest BCUT2D eigenvalue weighted by molar-refractivity contribution is 0.263. The van der Waals surface area contributed by atoms with Gasteiger partial charge in [0.1, 0.15) is 0 Å². The minimum atomic E-state index is 0.996. The molecule has 3 rings (SSSR count). The minimum absolute atomic E-state index is 0.996. The van der Waals surface area contributed by atoms with E-state index in [0.717, 1.165) is 45.6 Å². The van der Waals surface area contributed by atoms with E-state index < -0.39 is 0 Å². The fourth-order valence-corrected chi connectivity index (χ4v) is 5.06. The number of benzene rings is 3. The first-order chi connectivity index (χ1) is 16.3. The van der Waals surface area contributed by atoms with Crippen molar-refractivity contribution in [2.45, 2.75) is 60.9 Å². The van der Waals surface area contributed by atoms with Gasteiger partial charge in [0.15, 0.2) is 0 Å². The number of hydrogen-bond acceptors (Lipinski definition) is 3. The molecule has 0 aromatic heterocycles. The third-order valence-corrected chi connectivity index (χ3v) is 6.51. The molecule has 0 fully saturated rings. The van der Waals surface area contributed by atoms with Crippen molar-refractivity contribution in [3.8, 4) is 0 Å². The Labute approximate surface area is 207 Å². The van der Waals surface area contributed by atoms with Gasteiger partial charge in [0, 0.05) is 44.1 Å². The van der Waals surface area contributed by atoms with E-state index in [0.29, 0.717) is 0 Å². The summed E-state index contributed by atoms with van der Waals surface area (Å²) in [5.74, 6) is 0. The fourth-order valence-electron chi connectivity index (χ4n) is 5.06. The summed E-state index contributed by atoms with van der Waals surface area (Å²) in [6, 6.07) is 19.9. The smallest absolute Gasteiger partial charge is 0.0399 e. The lowest BCUT2D eigenvalue weighted by atomic mass is 10.1. The molecule has 0 bridgehead atoms. The summed E-state index contributed by atoms with van der Waals surface area (Å²) < 4.78 is 0. The summed E-state index contributed by atoms with van der Waals surface area (Å²) in [6.07, 6.45) is 2.26. The van der Waals surface area contributed by atoms with Gasteiger partial charge in [0.2, 0.25) is 0 Å². The Balaban J connectivity index is 1.52. The molecular weight excluding hydrogens is 414 g/mol. The molecule has 3 heteroatoms. The summed E-state index contributed by atoms with van der Waals surface area (Å²) in [7, 11) is 0. The van der Waals surface area contributed by atoms with Crippen LogP contribution in [0.4, 0.5) is 11.4 Å². The van der Waals surface area contributed by atoms with E-state index in [2.05, 4.69) is 112 Å². The van der Waals surface area contributed by atoms with E-state index >= 15 is 0 Å². The van der Waals surface area contributed by atoms with Crippen molar-refractivity contribution in [2.24, 2.45) is 0 Å². The largest absolute Gasteiger partial charge is 0.385 e. The van der Waals surface area contributed by atoms with Crippen LogP contribution in [0.15, 0.2) is 54.6 Å². The first-order valence-electron chi connectivity index (χ1n) is 12.7. The van der Waals surface area contributed by atoms with Crippen LogP contribution in [-0.4, -0.2) is 31.1 Å². The molecular formula is C31H43N3. The predicted octanol–water partition coefficient (Wildman–Crippen LogP) is 7.34. The van der Waals surface area contributed by atoms with Gasteiger partial charge in [-0.1, -0.05) is 65.7 Å². The van der Waals surface area contributed by atoms with Crippen molar-refractivity contribution < 1.29 is 0 Å². The predicted molar refractivity (Wildman–Crippen MR) is 149 cm³/mol. The van der Waals surface area contributed by atoms with Crippen LogP contribution in [0.25, 0.3) is 0 Å². The van der Waals surface area contributed by atoms with E-state index in [1.165, 1.54) is 50.3 Å². The second-order valence-electron chi connectivity index (χ2n) is 9.87. The highest BCUT2D eigenvalue weighted by atomic mass is 15.1. The second-order valence-corrected chi connectivity index (χ2v) is 9.87. The first kappa shape index (κ1) is 25.8. The molecule has 0 unspecified atom stereocenters. The second kappa shape index (κ2) is 12.6. The molecule has 3 nitrogen and oxygen atoms in total. The van der Waals surface area contributed by atoms with Crippen LogP contribution >= 0.6 is 0 Å². The average molecular weight is 458 g/mol. The Hall–Kier alpha value is -2.78. The maximum atomic E-state index is 3.69. The van der Waals surface area contributed by atoms with E-state index in [1.807, 2.05) is 0 Å². The van der Waals surface area contributed by atoms with Gasteiger partial charge in [-0.25, -0.2) is 0 Å². The van der Waals surface area contributed by atoms with Crippen LogP contribution in [0.3, 0.4) is 0 Å². The van der Waals surface area contributed by atoms with Crippen LogP contribution < -0.4 is 10.6 Å². The maximum absolute atomic E-state index is 3.69. The van der Waals surface area contributed by atoms with Gasteiger partial charge in [-0.05, 0) is 82.2 Å². The zero-order valence-electron chi connectivity index (χ0n) is 22.1. The minimum Gasteiger partial charge on any atom is -0.385 e. The lowest BCUT2D eigenvalue weighted by Gasteiger charge is -2.23. The highest BCUT2D eigenvalue weighted by Gasteiger charge is 2.08. The molecule has 0 radical (unpaired) electrons. The lowest BCUT2D eigenvalue weighted by Crippen LogP contribution is -2.28. The Bertz CT molecular complexity index is 944. The molecule has 182 valence electrons. The molecule has 0 heterocycles. The molecule has 2 N–H and O–H groups in total. The zero-order valence-corrected chi connectivity index (χ0v) is 22.1. The van der Waals surface area contributed by atoms with Crippen LogP contribution in [0.1, 0.15) is 51.8 Å². The molecule has 0 aliphatic rings. The van der Waals surface area contributed by atoms with Crippen molar-refractivity contribution in [3.05, 3.63) is 93.5 Å². The molecule has 0 aliphatic heterocycles. The van der Waals surface area contributed by atoms with E-state index in [1.54, 1.807) is 0 Å². The van der Waals surface area contributed by atoms with Gasteiger partial charge in [-0.15, -0.1) is 0 Å². The summed E-state index contributed by atoms with van der Waals surface area (Å²) in [5.41, 5.74) is 12.0. The van der Waals surface area contributed by atoms with Crippen LogP contribution in [0.5, 0.6) is 0 Å². The Morgan fingerprint density at radius 2 is 1.00 bits per heavy atom. The highest BCUT2D eigenvalue weighted by Crippen LogP contribution is 2.23. The third kappa shape index (κ3) is 7.63. The Kier molecular flexibility index (Phi) is 9.59. The molecule has 0 aliphatic carbocycles. The number of rotatable bonds is 12. The van der Waals surface area contributed by atoms with Crippen LogP contribution in [-0.2, 0) is 6.54 Å². The highest BCUT2D eigenvalue weighted by molar-refractivity contribution is 5.58. The molecule has 0 amide bonds. The van der Waals surface area contributed by atoms with Crippen molar-refractivity contribution in [1.82, 2.24) is 4.90 Å². The summed E-state index contributed by atoms with van der Waals surface area (Å²) in [6.45, 7) is 18.3. The molecule has 3 aromatic rings. The Morgan fingerprint density at radius 1 is 0.588 bits per heavy atom. The van der Waals surface area contributed by atoms with Crippen LogP contribution in [0.2, 0.25) is 0 Å². The number of nitrogens with one attached hydrogen (secondary N) is 2. The van der Waals surface area contributed by atoms with E-state index in [9.17, 15) is 0 Å². The number of aryl methyl sites for hydroxylation is 6.